The summed E-state index contributed by atoms with van der Waals surface area (Å²) < 4.78 is 7.57. The highest BCUT2D eigenvalue weighted by Crippen LogP contribution is 2.36. The van der Waals surface area contributed by atoms with Gasteiger partial charge < -0.3 is 15.4 Å². The van der Waals surface area contributed by atoms with Crippen molar-refractivity contribution >= 4 is 27.9 Å². The maximum absolute atomic E-state index is 11.8. The molecule has 1 aromatic carbocycles. The number of thiazole rings is 1. The Balaban J connectivity index is 1.90. The summed E-state index contributed by atoms with van der Waals surface area (Å²) in [6.07, 6.45) is 0. The molecule has 0 saturated heterocycles. The molecule has 0 bridgehead atoms. The van der Waals surface area contributed by atoms with Crippen LogP contribution in [0.5, 0.6) is 5.75 Å². The fraction of sp³-hybridized carbons (Fsp3) is 0.250. The molecule has 2 N–H and O–H groups in total. The number of fused-ring (bicyclic) bond motifs is 2. The number of nitrogens with zero attached hydrogens (tertiary/aromatic N) is 3. The van der Waals surface area contributed by atoms with Crippen molar-refractivity contribution in [1.29, 1.82) is 0 Å². The lowest BCUT2D eigenvalue weighted by molar-refractivity contribution is -0.120. The molecule has 1 amide bonds. The van der Waals surface area contributed by atoms with Crippen molar-refractivity contribution in [3.05, 3.63) is 35.0 Å². The molecule has 0 aliphatic carbocycles. The molecule has 23 heavy (non-hydrogen) atoms. The zero-order chi connectivity index (χ0) is 16.1. The first-order chi connectivity index (χ1) is 11.1. The highest BCUT2D eigenvalue weighted by atomic mass is 32.1. The predicted octanol–water partition coefficient (Wildman–Crippen LogP) is 2.19. The highest BCUT2D eigenvalue weighted by Gasteiger charge is 2.24. The lowest BCUT2D eigenvalue weighted by Crippen LogP contribution is -2.35. The molecule has 0 unspecified atom stereocenters. The Morgan fingerprint density at radius 2 is 2.26 bits per heavy atom. The third kappa shape index (κ3) is 2.04. The number of hydrogen-bond acceptors (Lipinski definition) is 5. The Hall–Kier alpha value is -2.38. The van der Waals surface area contributed by atoms with Crippen molar-refractivity contribution < 1.29 is 9.53 Å². The molecule has 0 radical (unpaired) electrons. The number of nitrogens with two attached hydrogens (primary N) is 1. The number of aromatic nitrogens is 2. The van der Waals surface area contributed by atoms with E-state index in [4.69, 9.17) is 15.5 Å². The molecule has 3 heterocycles. The van der Waals surface area contributed by atoms with Crippen LogP contribution >= 0.6 is 11.3 Å². The number of imidazole rings is 1. The monoisotopic (exact) mass is 328 g/mol. The Morgan fingerprint density at radius 3 is 3.04 bits per heavy atom. The first-order valence-corrected chi connectivity index (χ1v) is 8.17. The molecule has 1 aliphatic heterocycles. The van der Waals surface area contributed by atoms with Crippen LogP contribution in [0.25, 0.3) is 16.2 Å². The largest absolute Gasteiger partial charge is 0.482 e. The fourth-order valence-electron chi connectivity index (χ4n) is 2.90. The number of anilines is 1. The zero-order valence-corrected chi connectivity index (χ0v) is 13.7. The molecular weight excluding hydrogens is 312 g/mol. The van der Waals surface area contributed by atoms with Gasteiger partial charge in [0.2, 0.25) is 0 Å². The van der Waals surface area contributed by atoms with E-state index in [0.717, 1.165) is 33.3 Å². The normalized spacial score (nSPS) is 14.2. The minimum Gasteiger partial charge on any atom is -0.482 e. The molecular formula is C16H16N4O2S. The van der Waals surface area contributed by atoms with Crippen LogP contribution in [0.3, 0.4) is 0 Å². The minimum absolute atomic E-state index is 0.0598. The Labute approximate surface area is 137 Å². The SMILES string of the molecule is Cc1csc2nc(-c3ccc4c(c3)N(C)C(=O)CO4)c(CN)n12. The van der Waals surface area contributed by atoms with Crippen molar-refractivity contribution in [2.24, 2.45) is 5.73 Å². The van der Waals surface area contributed by atoms with Crippen molar-refractivity contribution in [1.82, 2.24) is 9.38 Å². The predicted molar refractivity (Wildman–Crippen MR) is 90.0 cm³/mol. The molecule has 4 rings (SSSR count). The van der Waals surface area contributed by atoms with E-state index in [-0.39, 0.29) is 12.5 Å². The number of amides is 1. The summed E-state index contributed by atoms with van der Waals surface area (Å²) in [6, 6.07) is 5.78. The Morgan fingerprint density at radius 1 is 1.43 bits per heavy atom. The van der Waals surface area contributed by atoms with Gasteiger partial charge in [-0.15, -0.1) is 11.3 Å². The van der Waals surface area contributed by atoms with E-state index in [1.165, 1.54) is 0 Å². The molecule has 1 aliphatic rings. The maximum Gasteiger partial charge on any atom is 0.264 e. The van der Waals surface area contributed by atoms with E-state index < -0.39 is 0 Å². The van der Waals surface area contributed by atoms with Crippen LogP contribution in [0, 0.1) is 6.92 Å². The van der Waals surface area contributed by atoms with Gasteiger partial charge >= 0.3 is 0 Å². The van der Waals surface area contributed by atoms with Gasteiger partial charge in [-0.2, -0.15) is 0 Å². The number of rotatable bonds is 2. The van der Waals surface area contributed by atoms with Crippen LogP contribution in [-0.4, -0.2) is 28.9 Å². The van der Waals surface area contributed by atoms with E-state index in [2.05, 4.69) is 9.78 Å². The second-order valence-corrected chi connectivity index (χ2v) is 6.37. The highest BCUT2D eigenvalue weighted by molar-refractivity contribution is 7.15. The minimum atomic E-state index is -0.0598. The van der Waals surface area contributed by atoms with Gasteiger partial charge in [0.25, 0.3) is 5.91 Å². The molecule has 7 heteroatoms. The van der Waals surface area contributed by atoms with Gasteiger partial charge in [-0.05, 0) is 25.1 Å². The van der Waals surface area contributed by atoms with E-state index in [0.29, 0.717) is 12.3 Å². The summed E-state index contributed by atoms with van der Waals surface area (Å²) in [5, 5.41) is 2.07. The Bertz CT molecular complexity index is 928. The van der Waals surface area contributed by atoms with Gasteiger partial charge in [0.15, 0.2) is 11.6 Å². The van der Waals surface area contributed by atoms with E-state index in [1.54, 1.807) is 23.3 Å². The summed E-state index contributed by atoms with van der Waals surface area (Å²) in [5.74, 6) is 0.651. The molecule has 2 aromatic heterocycles. The van der Waals surface area contributed by atoms with Gasteiger partial charge in [-0.25, -0.2) is 4.98 Å². The van der Waals surface area contributed by atoms with Gasteiger partial charge in [-0.3, -0.25) is 9.20 Å². The van der Waals surface area contributed by atoms with Crippen molar-refractivity contribution in [2.45, 2.75) is 13.5 Å². The third-order valence-corrected chi connectivity index (χ3v) is 5.09. The molecule has 118 valence electrons. The van der Waals surface area contributed by atoms with Crippen molar-refractivity contribution in [3.63, 3.8) is 0 Å². The molecule has 0 fully saturated rings. The second-order valence-electron chi connectivity index (χ2n) is 5.53. The lowest BCUT2D eigenvalue weighted by Gasteiger charge is -2.26. The maximum atomic E-state index is 11.8. The van der Waals surface area contributed by atoms with E-state index in [1.807, 2.05) is 25.1 Å². The Kier molecular flexibility index (Phi) is 3.14. The molecule has 0 spiro atoms. The van der Waals surface area contributed by atoms with Gasteiger partial charge in [0.05, 0.1) is 17.1 Å². The van der Waals surface area contributed by atoms with Crippen LogP contribution in [0.1, 0.15) is 11.4 Å². The van der Waals surface area contributed by atoms with Crippen molar-refractivity contribution in [3.8, 4) is 17.0 Å². The summed E-state index contributed by atoms with van der Waals surface area (Å²) in [7, 11) is 1.76. The summed E-state index contributed by atoms with van der Waals surface area (Å²) in [6.45, 7) is 2.52. The smallest absolute Gasteiger partial charge is 0.264 e. The van der Waals surface area contributed by atoms with Crippen LogP contribution in [0.15, 0.2) is 23.6 Å². The first kappa shape index (κ1) is 14.2. The number of hydrogen-bond donors (Lipinski definition) is 1. The van der Waals surface area contributed by atoms with Gasteiger partial charge in [0, 0.05) is 30.2 Å². The van der Waals surface area contributed by atoms with Gasteiger partial charge in [-0.1, -0.05) is 0 Å². The summed E-state index contributed by atoms with van der Waals surface area (Å²) in [4.78, 5) is 19.1. The second kappa shape index (κ2) is 5.07. The number of carbonyl (C=O) groups is 1. The number of carbonyl (C=O) groups excluding carboxylic acids is 1. The standard InChI is InChI=1S/C16H16N4O2S/c1-9-8-23-16-18-15(12(6-17)20(9)16)10-3-4-13-11(5-10)19(2)14(21)7-22-13/h3-5,8H,6-7,17H2,1-2H3. The molecule has 6 nitrogen and oxygen atoms in total. The molecule has 0 saturated carbocycles. The average molecular weight is 328 g/mol. The number of likely N-dealkylation sites (N-methyl/N-ethyl adjacent to an activating group) is 1. The van der Waals surface area contributed by atoms with E-state index >= 15 is 0 Å². The van der Waals surface area contributed by atoms with Crippen LogP contribution in [0.4, 0.5) is 5.69 Å². The summed E-state index contributed by atoms with van der Waals surface area (Å²) in [5.41, 5.74) is 10.6. The van der Waals surface area contributed by atoms with Gasteiger partial charge in [0.1, 0.15) is 5.75 Å². The van der Waals surface area contributed by atoms with Crippen molar-refractivity contribution in [2.75, 3.05) is 18.6 Å². The summed E-state index contributed by atoms with van der Waals surface area (Å²) >= 11 is 1.60. The van der Waals surface area contributed by atoms with Crippen LogP contribution in [-0.2, 0) is 11.3 Å². The lowest BCUT2D eigenvalue weighted by atomic mass is 10.1. The first-order valence-electron chi connectivity index (χ1n) is 7.29. The number of aryl methyl sites for hydroxylation is 1. The van der Waals surface area contributed by atoms with Crippen LogP contribution in [0.2, 0.25) is 0 Å². The fourth-order valence-corrected chi connectivity index (χ4v) is 3.79. The quantitative estimate of drug-likeness (QED) is 0.782. The van der Waals surface area contributed by atoms with E-state index in [9.17, 15) is 4.79 Å². The third-order valence-electron chi connectivity index (χ3n) is 4.14. The number of benzene rings is 1. The topological polar surface area (TPSA) is 72.9 Å². The number of ether oxygens (including phenoxy) is 1. The molecule has 3 aromatic rings. The average Bonchev–Trinajstić information content (AvgIpc) is 3.10. The zero-order valence-electron chi connectivity index (χ0n) is 12.9. The van der Waals surface area contributed by atoms with Crippen LogP contribution < -0.4 is 15.4 Å². The molecule has 0 atom stereocenters.